The van der Waals surface area contributed by atoms with E-state index in [0.29, 0.717) is 23.6 Å². The van der Waals surface area contributed by atoms with Crippen LogP contribution in [-0.4, -0.2) is 44.9 Å². The number of carbonyl (C=O) groups excluding carboxylic acids is 1. The minimum atomic E-state index is 0.0412. The average molecular weight is 359 g/mol. The minimum absolute atomic E-state index is 0.0412. The molecule has 1 N–H and O–H groups in total. The van der Waals surface area contributed by atoms with Crippen molar-refractivity contribution < 1.29 is 4.79 Å². The molecule has 0 unspecified atom stereocenters. The van der Waals surface area contributed by atoms with Crippen molar-refractivity contribution in [3.63, 3.8) is 0 Å². The third-order valence-electron chi connectivity index (χ3n) is 5.92. The molecule has 3 heterocycles. The Bertz CT molecular complexity index is 971. The summed E-state index contributed by atoms with van der Waals surface area (Å²) in [6.45, 7) is 1.58. The smallest absolute Gasteiger partial charge is 0.273 e. The van der Waals surface area contributed by atoms with Crippen LogP contribution in [0.4, 0.5) is 5.82 Å². The van der Waals surface area contributed by atoms with Gasteiger partial charge in [-0.2, -0.15) is 0 Å². The standard InChI is InChI=1S/C21H21N5O/c27-21(20-16-4-2-1-3-14(16)7-8-24-20)26-12-15-5-6-18(17(15)13-26)25-19-11-22-9-10-23-19/h1-4,7-11,15,17-18H,5-6,12-13H2,(H,23,25)/t15-,17+,18-/m1/s1. The molecule has 1 aliphatic heterocycles. The van der Waals surface area contributed by atoms with Crippen molar-refractivity contribution in [3.05, 3.63) is 60.8 Å². The first-order chi connectivity index (χ1) is 13.3. The van der Waals surface area contributed by atoms with Gasteiger partial charge in [-0.15, -0.1) is 0 Å². The predicted octanol–water partition coefficient (Wildman–Crippen LogP) is 2.99. The van der Waals surface area contributed by atoms with Crippen molar-refractivity contribution in [1.82, 2.24) is 19.9 Å². The van der Waals surface area contributed by atoms with Crippen molar-refractivity contribution in [3.8, 4) is 0 Å². The molecule has 3 atom stereocenters. The quantitative estimate of drug-likeness (QED) is 0.778. The maximum Gasteiger partial charge on any atom is 0.273 e. The summed E-state index contributed by atoms with van der Waals surface area (Å²) in [5.41, 5.74) is 0.562. The molecule has 3 aromatic rings. The summed E-state index contributed by atoms with van der Waals surface area (Å²) in [6, 6.07) is 10.2. The van der Waals surface area contributed by atoms with Crippen LogP contribution in [0.25, 0.3) is 10.8 Å². The highest BCUT2D eigenvalue weighted by atomic mass is 16.2. The van der Waals surface area contributed by atoms with E-state index in [4.69, 9.17) is 0 Å². The minimum Gasteiger partial charge on any atom is -0.366 e. The maximum atomic E-state index is 13.2. The Morgan fingerprint density at radius 2 is 1.96 bits per heavy atom. The number of amides is 1. The third kappa shape index (κ3) is 2.91. The Labute approximate surface area is 157 Å². The molecule has 2 aromatic heterocycles. The lowest BCUT2D eigenvalue weighted by Crippen LogP contribution is -2.33. The van der Waals surface area contributed by atoms with Gasteiger partial charge in [0, 0.05) is 49.0 Å². The lowest BCUT2D eigenvalue weighted by molar-refractivity contribution is 0.0776. The van der Waals surface area contributed by atoms with Crippen LogP contribution in [0.15, 0.2) is 55.1 Å². The van der Waals surface area contributed by atoms with Gasteiger partial charge in [0.15, 0.2) is 0 Å². The lowest BCUT2D eigenvalue weighted by atomic mass is 9.98. The molecule has 1 amide bonds. The Morgan fingerprint density at radius 1 is 1.04 bits per heavy atom. The van der Waals surface area contributed by atoms with E-state index in [1.54, 1.807) is 24.8 Å². The van der Waals surface area contributed by atoms with Crippen LogP contribution in [0, 0.1) is 11.8 Å². The van der Waals surface area contributed by atoms with E-state index in [2.05, 4.69) is 20.3 Å². The number of hydrogen-bond donors (Lipinski definition) is 1. The first-order valence-corrected chi connectivity index (χ1v) is 9.45. The van der Waals surface area contributed by atoms with Crippen LogP contribution in [0.5, 0.6) is 0 Å². The number of benzene rings is 1. The van der Waals surface area contributed by atoms with Crippen LogP contribution in [0.3, 0.4) is 0 Å². The van der Waals surface area contributed by atoms with E-state index in [1.807, 2.05) is 35.2 Å². The number of carbonyl (C=O) groups is 1. The molecule has 6 nitrogen and oxygen atoms in total. The summed E-state index contributed by atoms with van der Waals surface area (Å²) >= 11 is 0. The Hall–Kier alpha value is -3.02. The summed E-state index contributed by atoms with van der Waals surface area (Å²) in [5.74, 6) is 1.84. The third-order valence-corrected chi connectivity index (χ3v) is 5.92. The van der Waals surface area contributed by atoms with Crippen LogP contribution in [0.2, 0.25) is 0 Å². The van der Waals surface area contributed by atoms with Gasteiger partial charge in [-0.05, 0) is 30.2 Å². The van der Waals surface area contributed by atoms with Crippen molar-refractivity contribution in [2.75, 3.05) is 18.4 Å². The van der Waals surface area contributed by atoms with Gasteiger partial charge in [0.1, 0.15) is 11.5 Å². The van der Waals surface area contributed by atoms with Gasteiger partial charge in [-0.25, -0.2) is 4.98 Å². The summed E-state index contributed by atoms with van der Waals surface area (Å²) in [4.78, 5) is 28.0. The number of anilines is 1. The Kier molecular flexibility index (Phi) is 3.96. The highest BCUT2D eigenvalue weighted by Crippen LogP contribution is 2.40. The number of nitrogens with zero attached hydrogens (tertiary/aromatic N) is 4. The molecule has 136 valence electrons. The maximum absolute atomic E-state index is 13.2. The number of rotatable bonds is 3. The predicted molar refractivity (Wildman–Crippen MR) is 103 cm³/mol. The fourth-order valence-electron chi connectivity index (χ4n) is 4.61. The average Bonchev–Trinajstić information content (AvgIpc) is 3.30. The Morgan fingerprint density at radius 3 is 2.85 bits per heavy atom. The van der Waals surface area contributed by atoms with Crippen molar-refractivity contribution in [2.45, 2.75) is 18.9 Å². The normalized spacial score (nSPS) is 24.1. The number of pyridine rings is 1. The molecule has 5 rings (SSSR count). The second-order valence-electron chi connectivity index (χ2n) is 7.43. The fourth-order valence-corrected chi connectivity index (χ4v) is 4.61. The number of fused-ring (bicyclic) bond motifs is 2. The molecule has 1 aromatic carbocycles. The number of hydrogen-bond acceptors (Lipinski definition) is 5. The summed E-state index contributed by atoms with van der Waals surface area (Å²) in [5, 5.41) is 5.49. The second-order valence-corrected chi connectivity index (χ2v) is 7.43. The van der Waals surface area contributed by atoms with E-state index in [9.17, 15) is 4.79 Å². The van der Waals surface area contributed by atoms with E-state index in [-0.39, 0.29) is 5.91 Å². The molecule has 1 aliphatic carbocycles. The molecular weight excluding hydrogens is 338 g/mol. The van der Waals surface area contributed by atoms with Gasteiger partial charge in [0.05, 0.1) is 6.20 Å². The first-order valence-electron chi connectivity index (χ1n) is 9.45. The zero-order chi connectivity index (χ0) is 18.2. The van der Waals surface area contributed by atoms with E-state index < -0.39 is 0 Å². The monoisotopic (exact) mass is 359 g/mol. The topological polar surface area (TPSA) is 71.0 Å². The van der Waals surface area contributed by atoms with Gasteiger partial charge in [0.2, 0.25) is 0 Å². The van der Waals surface area contributed by atoms with E-state index in [1.165, 1.54) is 0 Å². The number of likely N-dealkylation sites (tertiary alicyclic amines) is 1. The number of nitrogens with one attached hydrogen (secondary N) is 1. The SMILES string of the molecule is O=C(c1nccc2ccccc12)N1C[C@H]2CC[C@@H](Nc3cnccn3)[C@H]2C1. The molecule has 0 spiro atoms. The lowest BCUT2D eigenvalue weighted by Gasteiger charge is -2.22. The van der Waals surface area contributed by atoms with Crippen LogP contribution < -0.4 is 5.32 Å². The van der Waals surface area contributed by atoms with Gasteiger partial charge in [-0.3, -0.25) is 14.8 Å². The van der Waals surface area contributed by atoms with Crippen LogP contribution in [0.1, 0.15) is 23.3 Å². The zero-order valence-corrected chi connectivity index (χ0v) is 15.0. The molecule has 2 fully saturated rings. The Balaban J connectivity index is 1.35. The molecule has 1 saturated heterocycles. The van der Waals surface area contributed by atoms with Crippen molar-refractivity contribution in [2.24, 2.45) is 11.8 Å². The molecule has 6 heteroatoms. The molecule has 1 saturated carbocycles. The van der Waals surface area contributed by atoms with Gasteiger partial charge in [0.25, 0.3) is 5.91 Å². The van der Waals surface area contributed by atoms with E-state index in [0.717, 1.165) is 42.5 Å². The fraction of sp³-hybridized carbons (Fsp3) is 0.333. The molecule has 0 radical (unpaired) electrons. The molecule has 27 heavy (non-hydrogen) atoms. The van der Waals surface area contributed by atoms with Gasteiger partial charge < -0.3 is 10.2 Å². The van der Waals surface area contributed by atoms with Crippen LogP contribution in [-0.2, 0) is 0 Å². The van der Waals surface area contributed by atoms with Crippen molar-refractivity contribution in [1.29, 1.82) is 0 Å². The zero-order valence-electron chi connectivity index (χ0n) is 15.0. The summed E-state index contributed by atoms with van der Waals surface area (Å²) in [6.07, 6.45) is 9.10. The van der Waals surface area contributed by atoms with Gasteiger partial charge in [-0.1, -0.05) is 24.3 Å². The number of aromatic nitrogens is 3. The van der Waals surface area contributed by atoms with Crippen molar-refractivity contribution >= 4 is 22.5 Å². The van der Waals surface area contributed by atoms with E-state index >= 15 is 0 Å². The highest BCUT2D eigenvalue weighted by molar-refractivity contribution is 6.05. The molecule has 2 aliphatic rings. The summed E-state index contributed by atoms with van der Waals surface area (Å²) < 4.78 is 0. The van der Waals surface area contributed by atoms with Crippen LogP contribution >= 0.6 is 0 Å². The second kappa shape index (κ2) is 6.61. The largest absolute Gasteiger partial charge is 0.366 e. The molecular formula is C21H21N5O. The summed E-state index contributed by atoms with van der Waals surface area (Å²) in [7, 11) is 0. The first kappa shape index (κ1) is 16.2. The molecule has 0 bridgehead atoms. The highest BCUT2D eigenvalue weighted by Gasteiger charge is 2.44. The van der Waals surface area contributed by atoms with Gasteiger partial charge >= 0.3 is 0 Å².